The molecule has 98 valence electrons. The molecule has 2 nitrogen and oxygen atoms in total. The lowest BCUT2D eigenvalue weighted by Gasteiger charge is -2.33. The molecule has 0 aromatic heterocycles. The quantitative estimate of drug-likeness (QED) is 0.877. The molecule has 18 heavy (non-hydrogen) atoms. The number of rotatable bonds is 3. The van der Waals surface area contributed by atoms with Gasteiger partial charge in [-0.1, -0.05) is 37.7 Å². The number of aliphatic imine (C=N–C) groups is 1. The maximum absolute atomic E-state index is 4.72. The number of nitrogens with zero attached hydrogens (tertiary/aromatic N) is 1. The molecule has 1 heterocycles. The lowest BCUT2D eigenvalue weighted by atomic mass is 9.84. The molecule has 1 aromatic rings. The van der Waals surface area contributed by atoms with Gasteiger partial charge in [0.25, 0.3) is 0 Å². The van der Waals surface area contributed by atoms with Crippen LogP contribution in [0.15, 0.2) is 29.3 Å². The third kappa shape index (κ3) is 3.08. The molecule has 2 rings (SSSR count). The predicted octanol–water partition coefficient (Wildman–Crippen LogP) is 4.32. The van der Waals surface area contributed by atoms with Gasteiger partial charge in [0.2, 0.25) is 0 Å². The molecular formula is C15H22N2S. The zero-order valence-corrected chi connectivity index (χ0v) is 12.3. The van der Waals surface area contributed by atoms with E-state index in [2.05, 4.69) is 50.4 Å². The Kier molecular flexibility index (Phi) is 4.33. The van der Waals surface area contributed by atoms with Gasteiger partial charge in [-0.25, -0.2) is 0 Å². The van der Waals surface area contributed by atoms with Gasteiger partial charge in [-0.3, -0.25) is 4.99 Å². The summed E-state index contributed by atoms with van der Waals surface area (Å²) < 4.78 is 0. The summed E-state index contributed by atoms with van der Waals surface area (Å²) in [4.78, 5) is 4.72. The minimum absolute atomic E-state index is 0.419. The fourth-order valence-corrected chi connectivity index (χ4v) is 3.44. The van der Waals surface area contributed by atoms with E-state index >= 15 is 0 Å². The third-order valence-corrected chi connectivity index (χ3v) is 5.10. The second-order valence-corrected chi connectivity index (χ2v) is 6.08. The molecule has 0 atom stereocenters. The Morgan fingerprint density at radius 2 is 2.11 bits per heavy atom. The molecule has 1 aliphatic heterocycles. The summed E-state index contributed by atoms with van der Waals surface area (Å²) >= 11 is 1.86. The number of benzene rings is 1. The number of thioether (sulfide) groups is 1. The van der Waals surface area contributed by atoms with E-state index in [1.165, 1.54) is 24.2 Å². The Bertz CT molecular complexity index is 436. The van der Waals surface area contributed by atoms with Crippen molar-refractivity contribution in [1.82, 2.24) is 0 Å². The van der Waals surface area contributed by atoms with Crippen molar-refractivity contribution in [3.8, 4) is 0 Å². The lowest BCUT2D eigenvalue weighted by Crippen LogP contribution is -2.32. The second kappa shape index (κ2) is 5.79. The summed E-state index contributed by atoms with van der Waals surface area (Å²) in [5.41, 5.74) is 2.84. The third-order valence-electron chi connectivity index (χ3n) is 3.84. The van der Waals surface area contributed by atoms with Crippen LogP contribution in [0.2, 0.25) is 0 Å². The van der Waals surface area contributed by atoms with Gasteiger partial charge in [-0.05, 0) is 42.9 Å². The van der Waals surface area contributed by atoms with E-state index in [1.807, 2.05) is 11.8 Å². The Morgan fingerprint density at radius 3 is 2.67 bits per heavy atom. The van der Waals surface area contributed by atoms with Gasteiger partial charge in [0.1, 0.15) is 0 Å². The second-order valence-electron chi connectivity index (χ2n) is 5.11. The van der Waals surface area contributed by atoms with Crippen LogP contribution in [-0.4, -0.2) is 17.5 Å². The van der Waals surface area contributed by atoms with Gasteiger partial charge in [0.15, 0.2) is 5.17 Å². The van der Waals surface area contributed by atoms with E-state index in [0.717, 1.165) is 17.4 Å². The van der Waals surface area contributed by atoms with E-state index in [9.17, 15) is 0 Å². The number of amidine groups is 1. The zero-order valence-electron chi connectivity index (χ0n) is 11.5. The smallest absolute Gasteiger partial charge is 0.161 e. The first-order chi connectivity index (χ1) is 8.67. The molecule has 0 radical (unpaired) electrons. The van der Waals surface area contributed by atoms with Crippen LogP contribution in [0.1, 0.15) is 32.3 Å². The highest BCUT2D eigenvalue weighted by Crippen LogP contribution is 2.35. The molecule has 0 spiro atoms. The maximum Gasteiger partial charge on any atom is 0.161 e. The molecule has 1 aromatic carbocycles. The van der Waals surface area contributed by atoms with Crippen LogP contribution >= 0.6 is 11.8 Å². The van der Waals surface area contributed by atoms with E-state index in [1.54, 1.807) is 0 Å². The minimum Gasteiger partial charge on any atom is -0.335 e. The van der Waals surface area contributed by atoms with Crippen molar-refractivity contribution in [1.29, 1.82) is 0 Å². The highest BCUT2D eigenvalue weighted by Gasteiger charge is 2.30. The van der Waals surface area contributed by atoms with Crippen LogP contribution in [0.25, 0.3) is 0 Å². The van der Waals surface area contributed by atoms with Crippen molar-refractivity contribution in [2.45, 2.75) is 33.6 Å². The molecule has 0 unspecified atom stereocenters. The van der Waals surface area contributed by atoms with Crippen molar-refractivity contribution >= 4 is 22.6 Å². The van der Waals surface area contributed by atoms with Gasteiger partial charge in [0, 0.05) is 18.0 Å². The fourth-order valence-electron chi connectivity index (χ4n) is 2.15. The molecule has 0 fully saturated rings. The molecule has 0 saturated carbocycles. The molecular weight excluding hydrogens is 240 g/mol. The van der Waals surface area contributed by atoms with Gasteiger partial charge in [-0.2, -0.15) is 0 Å². The summed E-state index contributed by atoms with van der Waals surface area (Å²) in [6, 6.07) is 8.44. The topological polar surface area (TPSA) is 24.4 Å². The number of hydrogen-bond acceptors (Lipinski definition) is 3. The SMILES string of the molecule is CCC1(CC)CN=C(Nc2cccc(C)c2)SC1. The van der Waals surface area contributed by atoms with Crippen molar-refractivity contribution < 1.29 is 0 Å². The van der Waals surface area contributed by atoms with Gasteiger partial charge >= 0.3 is 0 Å². The number of aryl methyl sites for hydroxylation is 1. The maximum atomic E-state index is 4.72. The summed E-state index contributed by atoms with van der Waals surface area (Å²) in [5, 5.41) is 4.49. The van der Waals surface area contributed by atoms with Gasteiger partial charge < -0.3 is 5.32 Å². The highest BCUT2D eigenvalue weighted by atomic mass is 32.2. The number of nitrogens with one attached hydrogen (secondary N) is 1. The van der Waals surface area contributed by atoms with Gasteiger partial charge in [-0.15, -0.1) is 0 Å². The molecule has 0 bridgehead atoms. The first-order valence-corrected chi connectivity index (χ1v) is 7.67. The van der Waals surface area contributed by atoms with Crippen molar-refractivity contribution in [3.63, 3.8) is 0 Å². The van der Waals surface area contributed by atoms with Crippen LogP contribution in [0.3, 0.4) is 0 Å². The zero-order chi connectivity index (χ0) is 13.0. The van der Waals surface area contributed by atoms with Crippen molar-refractivity contribution in [2.24, 2.45) is 10.4 Å². The summed E-state index contributed by atoms with van der Waals surface area (Å²) in [6.45, 7) is 7.62. The standard InChI is InChI=1S/C15H22N2S/c1-4-15(5-2)10-16-14(18-11-15)17-13-8-6-7-12(3)9-13/h6-9H,4-5,10-11H2,1-3H3,(H,16,17). The van der Waals surface area contributed by atoms with E-state index in [4.69, 9.17) is 4.99 Å². The summed E-state index contributed by atoms with van der Waals surface area (Å²) in [7, 11) is 0. The van der Waals surface area contributed by atoms with Crippen molar-refractivity contribution in [2.75, 3.05) is 17.6 Å². The highest BCUT2D eigenvalue weighted by molar-refractivity contribution is 8.14. The monoisotopic (exact) mass is 262 g/mol. The summed E-state index contributed by atoms with van der Waals surface area (Å²) in [6.07, 6.45) is 2.44. The van der Waals surface area contributed by atoms with Crippen LogP contribution in [0.4, 0.5) is 5.69 Å². The summed E-state index contributed by atoms with van der Waals surface area (Å²) in [5.74, 6) is 1.18. The average Bonchev–Trinajstić information content (AvgIpc) is 2.40. The Balaban J connectivity index is 2.02. The van der Waals surface area contributed by atoms with E-state index in [-0.39, 0.29) is 0 Å². The van der Waals surface area contributed by atoms with Crippen molar-refractivity contribution in [3.05, 3.63) is 29.8 Å². The average molecular weight is 262 g/mol. The van der Waals surface area contributed by atoms with E-state index in [0.29, 0.717) is 5.41 Å². The largest absolute Gasteiger partial charge is 0.335 e. The Hall–Kier alpha value is -0.960. The Morgan fingerprint density at radius 1 is 1.33 bits per heavy atom. The normalized spacial score (nSPS) is 18.3. The minimum atomic E-state index is 0.419. The van der Waals surface area contributed by atoms with Crippen LogP contribution in [0.5, 0.6) is 0 Å². The molecule has 0 amide bonds. The lowest BCUT2D eigenvalue weighted by molar-refractivity contribution is 0.318. The Labute approximate surface area is 114 Å². The number of anilines is 1. The fraction of sp³-hybridized carbons (Fsp3) is 0.533. The molecule has 3 heteroatoms. The van der Waals surface area contributed by atoms with Crippen LogP contribution in [0, 0.1) is 12.3 Å². The molecule has 0 aliphatic carbocycles. The first kappa shape index (κ1) is 13.5. The number of hydrogen-bond donors (Lipinski definition) is 1. The van der Waals surface area contributed by atoms with E-state index < -0.39 is 0 Å². The van der Waals surface area contributed by atoms with Gasteiger partial charge in [0.05, 0.1) is 0 Å². The first-order valence-electron chi connectivity index (χ1n) is 6.68. The molecule has 1 N–H and O–H groups in total. The molecule has 0 saturated heterocycles. The van der Waals surface area contributed by atoms with Crippen LogP contribution in [-0.2, 0) is 0 Å². The molecule has 1 aliphatic rings. The van der Waals surface area contributed by atoms with Crippen LogP contribution < -0.4 is 5.32 Å². The predicted molar refractivity (Wildman–Crippen MR) is 82.6 cm³/mol.